The number of carbonyl (C=O) groups is 1. The fourth-order valence-electron chi connectivity index (χ4n) is 0.459. The van der Waals surface area contributed by atoms with Crippen LogP contribution in [0, 0.1) is 0 Å². The number of hydrogen-bond acceptors (Lipinski definition) is 2. The Labute approximate surface area is 68.1 Å². The number of carbonyl (C=O) groups excluding carboxylic acids is 1. The highest BCUT2D eigenvalue weighted by Crippen LogP contribution is 2.04. The number of aliphatic hydroxyl groups excluding tert-OH is 1. The van der Waals surface area contributed by atoms with Crippen LogP contribution in [0.5, 0.6) is 0 Å². The minimum absolute atomic E-state index is 0.420. The van der Waals surface area contributed by atoms with Crippen molar-refractivity contribution in [3.05, 3.63) is 9.66 Å². The predicted octanol–water partition coefficient (Wildman–Crippen LogP) is 1.28. The summed E-state index contributed by atoms with van der Waals surface area (Å²) in [4.78, 5) is 10.1. The molecule has 0 aromatic carbocycles. The fourth-order valence-corrected chi connectivity index (χ4v) is 0.861. The van der Waals surface area contributed by atoms with Crippen LogP contribution in [0.25, 0.3) is 0 Å². The molecule has 0 aliphatic rings. The van der Waals surface area contributed by atoms with Gasteiger partial charge < -0.3 is 5.11 Å². The third kappa shape index (κ3) is 4.59. The second-order valence-electron chi connectivity index (χ2n) is 1.86. The van der Waals surface area contributed by atoms with E-state index in [4.69, 9.17) is 5.11 Å². The zero-order chi connectivity index (χ0) is 7.28. The van der Waals surface area contributed by atoms with Crippen molar-refractivity contribution in [3.8, 4) is 0 Å². The van der Waals surface area contributed by atoms with Crippen LogP contribution in [0.3, 0.4) is 0 Å². The first kappa shape index (κ1) is 9.10. The predicted molar refractivity (Wildman–Crippen MR) is 44.5 cm³/mol. The topological polar surface area (TPSA) is 37.3 Å². The molecular formula is C6H9IO2. The highest BCUT2D eigenvalue weighted by Gasteiger charge is 1.98. The van der Waals surface area contributed by atoms with Gasteiger partial charge in [0.15, 0.2) is 0 Å². The lowest BCUT2D eigenvalue weighted by atomic mass is 10.2. The lowest BCUT2D eigenvalue weighted by molar-refractivity contribution is -0.105. The van der Waals surface area contributed by atoms with Gasteiger partial charge in [0.2, 0.25) is 0 Å². The van der Waals surface area contributed by atoms with Crippen molar-refractivity contribution in [1.82, 2.24) is 0 Å². The van der Waals surface area contributed by atoms with E-state index in [2.05, 4.69) is 0 Å². The Balaban J connectivity index is 3.71. The van der Waals surface area contributed by atoms with E-state index in [0.717, 1.165) is 6.29 Å². The highest BCUT2D eigenvalue weighted by atomic mass is 127. The van der Waals surface area contributed by atoms with Gasteiger partial charge in [0.25, 0.3) is 0 Å². The molecule has 0 saturated carbocycles. The molecule has 0 aromatic rings. The summed E-state index contributed by atoms with van der Waals surface area (Å²) in [5.74, 6) is 0. The van der Waals surface area contributed by atoms with Gasteiger partial charge >= 0.3 is 0 Å². The van der Waals surface area contributed by atoms with Gasteiger partial charge in [-0.15, -0.1) is 0 Å². The van der Waals surface area contributed by atoms with Crippen molar-refractivity contribution < 1.29 is 9.90 Å². The van der Waals surface area contributed by atoms with Crippen molar-refractivity contribution >= 4 is 28.9 Å². The van der Waals surface area contributed by atoms with E-state index in [1.165, 1.54) is 0 Å². The Morgan fingerprint density at radius 1 is 1.89 bits per heavy atom. The number of rotatable bonds is 3. The SMILES string of the molecule is CC(O)C/C(C=O)=C/I. The average molecular weight is 240 g/mol. The highest BCUT2D eigenvalue weighted by molar-refractivity contribution is 14.1. The van der Waals surface area contributed by atoms with Crippen LogP contribution in [-0.4, -0.2) is 17.5 Å². The second-order valence-corrected chi connectivity index (χ2v) is 2.48. The molecule has 0 aliphatic carbocycles. The molecule has 0 radical (unpaired) electrons. The van der Waals surface area contributed by atoms with E-state index in [1.807, 2.05) is 22.6 Å². The molecule has 3 heteroatoms. The van der Waals surface area contributed by atoms with E-state index < -0.39 is 6.10 Å². The monoisotopic (exact) mass is 240 g/mol. The zero-order valence-electron chi connectivity index (χ0n) is 5.17. The zero-order valence-corrected chi connectivity index (χ0v) is 7.33. The molecule has 0 bridgehead atoms. The maximum atomic E-state index is 10.1. The molecule has 52 valence electrons. The van der Waals surface area contributed by atoms with Crippen molar-refractivity contribution in [1.29, 1.82) is 0 Å². The van der Waals surface area contributed by atoms with Gasteiger partial charge in [-0.05, 0) is 11.0 Å². The number of aliphatic hydroxyl groups is 1. The Hall–Kier alpha value is 0.100. The second kappa shape index (κ2) is 4.93. The van der Waals surface area contributed by atoms with Gasteiger partial charge in [-0.2, -0.15) is 0 Å². The summed E-state index contributed by atoms with van der Waals surface area (Å²) in [6.45, 7) is 1.66. The molecule has 0 aromatic heterocycles. The van der Waals surface area contributed by atoms with Crippen LogP contribution >= 0.6 is 22.6 Å². The van der Waals surface area contributed by atoms with Crippen LogP contribution < -0.4 is 0 Å². The summed E-state index contributed by atoms with van der Waals surface area (Å²) < 4.78 is 1.68. The van der Waals surface area contributed by atoms with E-state index in [9.17, 15) is 4.79 Å². The summed E-state index contributed by atoms with van der Waals surface area (Å²) >= 11 is 1.98. The molecule has 0 saturated heterocycles. The lowest BCUT2D eigenvalue weighted by Gasteiger charge is -1.99. The summed E-state index contributed by atoms with van der Waals surface area (Å²) in [6, 6.07) is 0. The molecule has 1 N–H and O–H groups in total. The smallest absolute Gasteiger partial charge is 0.146 e. The van der Waals surface area contributed by atoms with Gasteiger partial charge in [0.1, 0.15) is 6.29 Å². The Morgan fingerprint density at radius 2 is 2.44 bits per heavy atom. The quantitative estimate of drug-likeness (QED) is 0.458. The molecule has 0 fully saturated rings. The van der Waals surface area contributed by atoms with Crippen LogP contribution in [0.2, 0.25) is 0 Å². The number of aldehydes is 1. The lowest BCUT2D eigenvalue weighted by Crippen LogP contribution is -2.01. The summed E-state index contributed by atoms with van der Waals surface area (Å²) in [6.07, 6.45) is 0.794. The number of hydrogen-bond donors (Lipinski definition) is 1. The van der Waals surface area contributed by atoms with Crippen molar-refractivity contribution in [2.45, 2.75) is 19.4 Å². The van der Waals surface area contributed by atoms with E-state index in [0.29, 0.717) is 12.0 Å². The standard InChI is InChI=1S/C6H9IO2/c1-5(9)2-6(3-7)4-8/h3-5,9H,2H2,1H3/b6-3-. The molecule has 0 aliphatic heterocycles. The minimum Gasteiger partial charge on any atom is -0.393 e. The molecule has 0 rings (SSSR count). The van der Waals surface area contributed by atoms with Gasteiger partial charge in [0, 0.05) is 12.0 Å². The number of halogens is 1. The molecule has 0 spiro atoms. The molecule has 0 amide bonds. The summed E-state index contributed by atoms with van der Waals surface area (Å²) in [5.41, 5.74) is 0.644. The summed E-state index contributed by atoms with van der Waals surface area (Å²) in [7, 11) is 0. The van der Waals surface area contributed by atoms with E-state index in [1.54, 1.807) is 11.0 Å². The Morgan fingerprint density at radius 3 is 2.56 bits per heavy atom. The molecule has 0 heterocycles. The third-order valence-electron chi connectivity index (χ3n) is 0.823. The maximum Gasteiger partial charge on any atom is 0.146 e. The first-order valence-electron chi connectivity index (χ1n) is 2.63. The Kier molecular flexibility index (Phi) is 4.99. The van der Waals surface area contributed by atoms with Crippen LogP contribution in [0.1, 0.15) is 13.3 Å². The van der Waals surface area contributed by atoms with Crippen LogP contribution in [0.4, 0.5) is 0 Å². The molecule has 9 heavy (non-hydrogen) atoms. The van der Waals surface area contributed by atoms with Gasteiger partial charge in [-0.25, -0.2) is 0 Å². The van der Waals surface area contributed by atoms with Gasteiger partial charge in [-0.1, -0.05) is 22.6 Å². The Bertz CT molecular complexity index is 118. The normalized spacial score (nSPS) is 15.2. The first-order chi connectivity index (χ1) is 4.20. The molecule has 1 unspecified atom stereocenters. The van der Waals surface area contributed by atoms with Crippen LogP contribution in [0.15, 0.2) is 9.66 Å². The molecular weight excluding hydrogens is 231 g/mol. The van der Waals surface area contributed by atoms with Gasteiger partial charge in [-0.3, -0.25) is 4.79 Å². The van der Waals surface area contributed by atoms with Crippen LogP contribution in [-0.2, 0) is 4.79 Å². The van der Waals surface area contributed by atoms with E-state index >= 15 is 0 Å². The molecule has 1 atom stereocenters. The average Bonchev–Trinajstić information content (AvgIpc) is 1.82. The van der Waals surface area contributed by atoms with Crippen molar-refractivity contribution in [2.75, 3.05) is 0 Å². The van der Waals surface area contributed by atoms with Gasteiger partial charge in [0.05, 0.1) is 6.10 Å². The van der Waals surface area contributed by atoms with Crippen molar-refractivity contribution in [2.24, 2.45) is 0 Å². The van der Waals surface area contributed by atoms with Crippen molar-refractivity contribution in [3.63, 3.8) is 0 Å². The third-order valence-corrected chi connectivity index (χ3v) is 1.62. The maximum absolute atomic E-state index is 10.1. The fraction of sp³-hybridized carbons (Fsp3) is 0.500. The largest absolute Gasteiger partial charge is 0.393 e. The molecule has 2 nitrogen and oxygen atoms in total. The minimum atomic E-state index is -0.420. The first-order valence-corrected chi connectivity index (χ1v) is 3.87. The summed E-state index contributed by atoms with van der Waals surface area (Å²) in [5, 5.41) is 8.78. The van der Waals surface area contributed by atoms with E-state index in [-0.39, 0.29) is 0 Å².